The van der Waals surface area contributed by atoms with E-state index in [1.54, 1.807) is 4.68 Å². The van der Waals surface area contributed by atoms with Crippen molar-refractivity contribution in [2.75, 3.05) is 0 Å². The minimum Gasteiger partial charge on any atom is -0.348 e. The molecule has 0 aliphatic heterocycles. The first kappa shape index (κ1) is 17.0. The monoisotopic (exact) mass is 346 g/mol. The van der Waals surface area contributed by atoms with E-state index in [2.05, 4.69) is 15.6 Å². The lowest BCUT2D eigenvalue weighted by Crippen LogP contribution is -2.37. The molecular weight excluding hydrogens is 324 g/mol. The molecule has 1 N–H and O–H groups in total. The average Bonchev–Trinajstić information content (AvgIpc) is 3.02. The molecule has 2 aromatic rings. The van der Waals surface area contributed by atoms with Gasteiger partial charge in [-0.15, -0.1) is 5.10 Å². The molecule has 0 unspecified atom stereocenters. The van der Waals surface area contributed by atoms with Crippen molar-refractivity contribution in [3.05, 3.63) is 40.7 Å². The molecule has 0 saturated heterocycles. The van der Waals surface area contributed by atoms with E-state index in [1.165, 1.54) is 19.3 Å². The van der Waals surface area contributed by atoms with Gasteiger partial charge in [-0.3, -0.25) is 4.79 Å². The largest absolute Gasteiger partial charge is 0.348 e. The topological polar surface area (TPSA) is 59.8 Å². The van der Waals surface area contributed by atoms with Gasteiger partial charge in [0.15, 0.2) is 5.69 Å². The summed E-state index contributed by atoms with van der Waals surface area (Å²) >= 11 is 5.96. The summed E-state index contributed by atoms with van der Waals surface area (Å²) in [7, 11) is 0. The number of carbonyl (C=O) groups excluding carboxylic acids is 1. The maximum atomic E-state index is 12.7. The minimum atomic E-state index is -0.120. The highest BCUT2D eigenvalue weighted by atomic mass is 35.5. The highest BCUT2D eigenvalue weighted by molar-refractivity contribution is 6.30. The average molecular weight is 347 g/mol. The first-order valence-electron chi connectivity index (χ1n) is 8.58. The Morgan fingerprint density at radius 3 is 2.50 bits per heavy atom. The number of nitrogens with one attached hydrogen (secondary N) is 1. The molecule has 1 aliphatic carbocycles. The Bertz CT molecular complexity index is 702. The summed E-state index contributed by atoms with van der Waals surface area (Å²) in [5.74, 6) is 0.00796. The Morgan fingerprint density at radius 1 is 1.21 bits per heavy atom. The van der Waals surface area contributed by atoms with Crippen molar-refractivity contribution in [3.63, 3.8) is 0 Å². The predicted molar refractivity (Wildman–Crippen MR) is 94.8 cm³/mol. The van der Waals surface area contributed by atoms with Gasteiger partial charge >= 0.3 is 0 Å². The molecule has 5 nitrogen and oxygen atoms in total. The second kappa shape index (κ2) is 7.34. The van der Waals surface area contributed by atoms with Crippen LogP contribution in [0.5, 0.6) is 0 Å². The molecule has 1 amide bonds. The molecule has 3 rings (SSSR count). The summed E-state index contributed by atoms with van der Waals surface area (Å²) in [6, 6.07) is 7.64. The van der Waals surface area contributed by atoms with Gasteiger partial charge in [-0.1, -0.05) is 49.9 Å². The summed E-state index contributed by atoms with van der Waals surface area (Å²) in [6.45, 7) is 4.09. The van der Waals surface area contributed by atoms with Crippen molar-refractivity contribution in [2.45, 2.75) is 57.9 Å². The van der Waals surface area contributed by atoms with E-state index in [-0.39, 0.29) is 17.9 Å². The quantitative estimate of drug-likeness (QED) is 0.906. The van der Waals surface area contributed by atoms with E-state index in [9.17, 15) is 4.79 Å². The smallest absolute Gasteiger partial charge is 0.274 e. The molecule has 24 heavy (non-hydrogen) atoms. The van der Waals surface area contributed by atoms with Crippen LogP contribution in [0.15, 0.2) is 24.3 Å². The predicted octanol–water partition coefficient (Wildman–Crippen LogP) is 4.11. The Balaban J connectivity index is 1.88. The molecule has 6 heteroatoms. The van der Waals surface area contributed by atoms with Crippen LogP contribution in [-0.4, -0.2) is 26.9 Å². The van der Waals surface area contributed by atoms with Gasteiger partial charge in [0.25, 0.3) is 5.91 Å². The van der Waals surface area contributed by atoms with E-state index in [4.69, 9.17) is 11.6 Å². The number of rotatable bonds is 4. The highest BCUT2D eigenvalue weighted by Crippen LogP contribution is 2.23. The lowest BCUT2D eigenvalue weighted by atomic mass is 9.95. The van der Waals surface area contributed by atoms with Crippen LogP contribution in [0.4, 0.5) is 0 Å². The third-order valence-electron chi connectivity index (χ3n) is 4.48. The first-order chi connectivity index (χ1) is 11.6. The second-order valence-electron chi connectivity index (χ2n) is 6.67. The van der Waals surface area contributed by atoms with Crippen LogP contribution in [-0.2, 0) is 0 Å². The Kier molecular flexibility index (Phi) is 5.19. The van der Waals surface area contributed by atoms with E-state index in [0.29, 0.717) is 10.7 Å². The Labute approximate surface area is 147 Å². The minimum absolute atomic E-state index is 0.120. The number of hydrogen-bond donors (Lipinski definition) is 1. The fourth-order valence-electron chi connectivity index (χ4n) is 3.24. The van der Waals surface area contributed by atoms with Crippen molar-refractivity contribution in [1.29, 1.82) is 0 Å². The highest BCUT2D eigenvalue weighted by Gasteiger charge is 2.25. The summed E-state index contributed by atoms with van der Waals surface area (Å²) in [5.41, 5.74) is 2.10. The lowest BCUT2D eigenvalue weighted by Gasteiger charge is -2.22. The molecule has 128 valence electrons. The standard InChI is InChI=1S/C18H23ClN4O/c1-12(2)17-16(18(24)20-14-6-4-3-5-7-14)21-22-23(17)15-10-8-13(19)9-11-15/h8-12,14H,3-7H2,1-2H3,(H,20,24). The van der Waals surface area contributed by atoms with Crippen LogP contribution >= 0.6 is 11.6 Å². The van der Waals surface area contributed by atoms with Gasteiger partial charge in [0.05, 0.1) is 11.4 Å². The molecule has 1 aromatic carbocycles. The summed E-state index contributed by atoms with van der Waals surface area (Å²) in [6.07, 6.45) is 5.72. The van der Waals surface area contributed by atoms with Gasteiger partial charge < -0.3 is 5.32 Å². The number of hydrogen-bond acceptors (Lipinski definition) is 3. The maximum Gasteiger partial charge on any atom is 0.274 e. The van der Waals surface area contributed by atoms with Gasteiger partial charge in [-0.25, -0.2) is 4.68 Å². The zero-order valence-corrected chi connectivity index (χ0v) is 14.9. The number of aromatic nitrogens is 3. The van der Waals surface area contributed by atoms with Crippen molar-refractivity contribution in [3.8, 4) is 5.69 Å². The molecule has 1 saturated carbocycles. The number of carbonyl (C=O) groups is 1. The SMILES string of the molecule is CC(C)c1c(C(=O)NC2CCCCC2)nnn1-c1ccc(Cl)cc1. The van der Waals surface area contributed by atoms with Gasteiger partial charge in [-0.05, 0) is 43.0 Å². The van der Waals surface area contributed by atoms with Crippen molar-refractivity contribution >= 4 is 17.5 Å². The van der Waals surface area contributed by atoms with Crippen molar-refractivity contribution in [1.82, 2.24) is 20.3 Å². The third kappa shape index (κ3) is 3.61. The van der Waals surface area contributed by atoms with Crippen LogP contribution < -0.4 is 5.32 Å². The zero-order valence-electron chi connectivity index (χ0n) is 14.1. The number of benzene rings is 1. The van der Waals surface area contributed by atoms with Crippen LogP contribution in [0.25, 0.3) is 5.69 Å². The second-order valence-corrected chi connectivity index (χ2v) is 7.11. The van der Waals surface area contributed by atoms with Crippen LogP contribution in [0, 0.1) is 0 Å². The molecule has 1 aromatic heterocycles. The molecule has 0 spiro atoms. The summed E-state index contributed by atoms with van der Waals surface area (Å²) < 4.78 is 1.73. The molecule has 1 aliphatic rings. The van der Waals surface area contributed by atoms with E-state index >= 15 is 0 Å². The summed E-state index contributed by atoms with van der Waals surface area (Å²) in [5, 5.41) is 12.2. The Hall–Kier alpha value is -1.88. The van der Waals surface area contributed by atoms with Gasteiger partial charge in [0.1, 0.15) is 0 Å². The maximum absolute atomic E-state index is 12.7. The van der Waals surface area contributed by atoms with E-state index in [1.807, 2.05) is 38.1 Å². The van der Waals surface area contributed by atoms with E-state index < -0.39 is 0 Å². The van der Waals surface area contributed by atoms with Gasteiger partial charge in [0, 0.05) is 11.1 Å². The van der Waals surface area contributed by atoms with Gasteiger partial charge in [-0.2, -0.15) is 0 Å². The van der Waals surface area contributed by atoms with Crippen molar-refractivity contribution in [2.24, 2.45) is 0 Å². The van der Waals surface area contributed by atoms with E-state index in [0.717, 1.165) is 24.2 Å². The molecule has 0 radical (unpaired) electrons. The lowest BCUT2D eigenvalue weighted by molar-refractivity contribution is 0.0921. The molecule has 0 bridgehead atoms. The molecule has 1 fully saturated rings. The zero-order chi connectivity index (χ0) is 17.1. The van der Waals surface area contributed by atoms with Gasteiger partial charge in [0.2, 0.25) is 0 Å². The number of nitrogens with zero attached hydrogens (tertiary/aromatic N) is 3. The van der Waals surface area contributed by atoms with Crippen LogP contribution in [0.1, 0.15) is 68.1 Å². The van der Waals surface area contributed by atoms with Crippen LogP contribution in [0.3, 0.4) is 0 Å². The fraction of sp³-hybridized carbons (Fsp3) is 0.500. The Morgan fingerprint density at radius 2 is 1.88 bits per heavy atom. The number of halogens is 1. The fourth-order valence-corrected chi connectivity index (χ4v) is 3.37. The normalized spacial score (nSPS) is 15.7. The molecular formula is C18H23ClN4O. The summed E-state index contributed by atoms with van der Waals surface area (Å²) in [4.78, 5) is 12.7. The first-order valence-corrected chi connectivity index (χ1v) is 8.96. The third-order valence-corrected chi connectivity index (χ3v) is 4.73. The molecule has 0 atom stereocenters. The van der Waals surface area contributed by atoms with Crippen molar-refractivity contribution < 1.29 is 4.79 Å². The molecule has 1 heterocycles. The number of amides is 1. The van der Waals surface area contributed by atoms with Crippen LogP contribution in [0.2, 0.25) is 5.02 Å².